The average molecular weight is 278 g/mol. The van der Waals surface area contributed by atoms with E-state index >= 15 is 0 Å². The summed E-state index contributed by atoms with van der Waals surface area (Å²) in [5, 5.41) is 12.4. The molecular formula is C15H22N2O3. The van der Waals surface area contributed by atoms with Crippen LogP contribution in [0.1, 0.15) is 11.1 Å². The number of benzene rings is 1. The first-order chi connectivity index (χ1) is 9.76. The number of amides is 1. The van der Waals surface area contributed by atoms with Crippen molar-refractivity contribution in [1.82, 2.24) is 10.2 Å². The summed E-state index contributed by atoms with van der Waals surface area (Å²) in [4.78, 5) is 14.2. The summed E-state index contributed by atoms with van der Waals surface area (Å²) in [5.74, 6) is 0.0330. The first kappa shape index (κ1) is 15.0. The highest BCUT2D eigenvalue weighted by Crippen LogP contribution is 2.17. The zero-order chi connectivity index (χ0) is 14.4. The van der Waals surface area contributed by atoms with Gasteiger partial charge in [0.25, 0.3) is 0 Å². The fourth-order valence-corrected chi connectivity index (χ4v) is 2.50. The maximum Gasteiger partial charge on any atom is 0.240 e. The van der Waals surface area contributed by atoms with E-state index in [1.807, 2.05) is 12.1 Å². The van der Waals surface area contributed by atoms with Gasteiger partial charge in [0.2, 0.25) is 5.91 Å². The van der Waals surface area contributed by atoms with Gasteiger partial charge in [0, 0.05) is 26.7 Å². The number of rotatable bonds is 6. The van der Waals surface area contributed by atoms with Crippen LogP contribution in [-0.4, -0.2) is 55.4 Å². The molecule has 0 spiro atoms. The van der Waals surface area contributed by atoms with E-state index in [0.717, 1.165) is 0 Å². The van der Waals surface area contributed by atoms with Crippen molar-refractivity contribution in [3.63, 3.8) is 0 Å². The second-order valence-corrected chi connectivity index (χ2v) is 4.95. The molecule has 2 rings (SSSR count). The third kappa shape index (κ3) is 3.56. The van der Waals surface area contributed by atoms with Gasteiger partial charge in [0.1, 0.15) is 0 Å². The van der Waals surface area contributed by atoms with Crippen LogP contribution in [0.3, 0.4) is 0 Å². The average Bonchev–Trinajstić information content (AvgIpc) is 2.50. The van der Waals surface area contributed by atoms with Crippen LogP contribution < -0.4 is 5.32 Å². The molecule has 0 saturated carbocycles. The summed E-state index contributed by atoms with van der Waals surface area (Å²) in [6, 6.07) is 7.95. The van der Waals surface area contributed by atoms with Gasteiger partial charge in [0.15, 0.2) is 0 Å². The molecule has 0 saturated heterocycles. The second kappa shape index (κ2) is 7.38. The van der Waals surface area contributed by atoms with Crippen LogP contribution in [0.25, 0.3) is 0 Å². The number of carbonyl (C=O) groups excluding carboxylic acids is 1. The number of aliphatic hydroxyl groups is 1. The lowest BCUT2D eigenvalue weighted by molar-refractivity contribution is -0.134. The molecule has 20 heavy (non-hydrogen) atoms. The second-order valence-electron chi connectivity index (χ2n) is 4.95. The number of hydrogen-bond acceptors (Lipinski definition) is 4. The van der Waals surface area contributed by atoms with Gasteiger partial charge in [-0.15, -0.1) is 0 Å². The first-order valence-electron chi connectivity index (χ1n) is 6.95. The molecule has 1 amide bonds. The van der Waals surface area contributed by atoms with Crippen molar-refractivity contribution in [3.05, 3.63) is 35.4 Å². The summed E-state index contributed by atoms with van der Waals surface area (Å²) < 4.78 is 5.02. The highest BCUT2D eigenvalue weighted by Gasteiger charge is 2.27. The number of hydrogen-bond donors (Lipinski definition) is 2. The van der Waals surface area contributed by atoms with Crippen molar-refractivity contribution in [2.24, 2.45) is 0 Å². The molecule has 5 nitrogen and oxygen atoms in total. The van der Waals surface area contributed by atoms with E-state index in [-0.39, 0.29) is 18.6 Å². The maximum absolute atomic E-state index is 12.5. The molecule has 0 unspecified atom stereocenters. The summed E-state index contributed by atoms with van der Waals surface area (Å²) in [6.45, 7) is 2.02. The minimum absolute atomic E-state index is 0.0290. The number of ether oxygens (including phenoxy) is 1. The Labute approximate surface area is 119 Å². The number of carbonyl (C=O) groups is 1. The van der Waals surface area contributed by atoms with E-state index in [4.69, 9.17) is 9.84 Å². The van der Waals surface area contributed by atoms with E-state index in [0.29, 0.717) is 32.7 Å². The summed E-state index contributed by atoms with van der Waals surface area (Å²) in [7, 11) is 1.61. The highest BCUT2D eigenvalue weighted by atomic mass is 16.5. The molecule has 5 heteroatoms. The Morgan fingerprint density at radius 1 is 1.40 bits per heavy atom. The van der Waals surface area contributed by atoms with Crippen molar-refractivity contribution in [1.29, 1.82) is 0 Å². The van der Waals surface area contributed by atoms with Crippen LogP contribution in [0.5, 0.6) is 0 Å². The summed E-state index contributed by atoms with van der Waals surface area (Å²) in [6.07, 6.45) is 0.698. The number of methoxy groups -OCH3 is 1. The van der Waals surface area contributed by atoms with Gasteiger partial charge in [-0.1, -0.05) is 24.3 Å². The molecule has 1 atom stereocenters. The minimum Gasteiger partial charge on any atom is -0.395 e. The smallest absolute Gasteiger partial charge is 0.240 e. The molecule has 110 valence electrons. The Bertz CT molecular complexity index is 450. The molecule has 0 bridgehead atoms. The van der Waals surface area contributed by atoms with E-state index < -0.39 is 0 Å². The largest absolute Gasteiger partial charge is 0.395 e. The molecule has 0 aromatic heterocycles. The zero-order valence-electron chi connectivity index (χ0n) is 11.8. The molecule has 0 aliphatic carbocycles. The lowest BCUT2D eigenvalue weighted by atomic mass is 9.95. The van der Waals surface area contributed by atoms with E-state index in [9.17, 15) is 4.79 Å². The normalized spacial score (nSPS) is 17.6. The van der Waals surface area contributed by atoms with Crippen molar-refractivity contribution < 1.29 is 14.6 Å². The van der Waals surface area contributed by atoms with Gasteiger partial charge in [-0.25, -0.2) is 0 Å². The molecule has 2 N–H and O–H groups in total. The van der Waals surface area contributed by atoms with Crippen LogP contribution in [0.2, 0.25) is 0 Å². The number of aliphatic hydroxyl groups excluding tert-OH is 1. The van der Waals surface area contributed by atoms with Gasteiger partial charge in [0.05, 0.1) is 19.3 Å². The van der Waals surface area contributed by atoms with Gasteiger partial charge < -0.3 is 20.1 Å². The molecule has 1 aliphatic rings. The van der Waals surface area contributed by atoms with Crippen LogP contribution in [0.15, 0.2) is 24.3 Å². The minimum atomic E-state index is -0.215. The van der Waals surface area contributed by atoms with Crippen molar-refractivity contribution >= 4 is 5.91 Å². The quantitative estimate of drug-likeness (QED) is 0.778. The highest BCUT2D eigenvalue weighted by molar-refractivity contribution is 5.82. The monoisotopic (exact) mass is 278 g/mol. The zero-order valence-corrected chi connectivity index (χ0v) is 11.8. The van der Waals surface area contributed by atoms with E-state index in [1.165, 1.54) is 11.1 Å². The maximum atomic E-state index is 12.5. The predicted molar refractivity (Wildman–Crippen MR) is 76.3 cm³/mol. The Morgan fingerprint density at radius 3 is 2.85 bits per heavy atom. The van der Waals surface area contributed by atoms with Gasteiger partial charge >= 0.3 is 0 Å². The van der Waals surface area contributed by atoms with E-state index in [1.54, 1.807) is 12.0 Å². The van der Waals surface area contributed by atoms with Crippen LogP contribution in [0, 0.1) is 0 Å². The summed E-state index contributed by atoms with van der Waals surface area (Å²) >= 11 is 0. The van der Waals surface area contributed by atoms with Crippen LogP contribution in [0.4, 0.5) is 0 Å². The number of fused-ring (bicyclic) bond motifs is 1. The fourth-order valence-electron chi connectivity index (χ4n) is 2.50. The molecule has 0 fully saturated rings. The molecule has 0 radical (unpaired) electrons. The predicted octanol–water partition coefficient (Wildman–Crippen LogP) is 0.168. The third-order valence-corrected chi connectivity index (χ3v) is 3.63. The number of nitrogens with zero attached hydrogens (tertiary/aromatic N) is 1. The SMILES string of the molecule is COCCN(CCO)C(=O)[C@H]1Cc2ccccc2CN1. The Hall–Kier alpha value is -1.43. The van der Waals surface area contributed by atoms with Crippen LogP contribution in [-0.2, 0) is 22.5 Å². The molecule has 1 heterocycles. The Morgan fingerprint density at radius 2 is 2.15 bits per heavy atom. The Kier molecular flexibility index (Phi) is 5.52. The van der Waals surface area contributed by atoms with Crippen molar-refractivity contribution in [2.45, 2.75) is 19.0 Å². The van der Waals surface area contributed by atoms with Gasteiger partial charge in [-0.3, -0.25) is 4.79 Å². The topological polar surface area (TPSA) is 61.8 Å². The summed E-state index contributed by atoms with van der Waals surface area (Å²) in [5.41, 5.74) is 2.47. The Balaban J connectivity index is 2.01. The van der Waals surface area contributed by atoms with Gasteiger partial charge in [-0.2, -0.15) is 0 Å². The molecule has 1 aromatic carbocycles. The van der Waals surface area contributed by atoms with Crippen molar-refractivity contribution in [2.75, 3.05) is 33.4 Å². The lowest BCUT2D eigenvalue weighted by Crippen LogP contribution is -2.50. The van der Waals surface area contributed by atoms with Crippen LogP contribution >= 0.6 is 0 Å². The number of nitrogens with one attached hydrogen (secondary N) is 1. The third-order valence-electron chi connectivity index (χ3n) is 3.63. The lowest BCUT2D eigenvalue weighted by Gasteiger charge is -2.30. The van der Waals surface area contributed by atoms with E-state index in [2.05, 4.69) is 17.4 Å². The van der Waals surface area contributed by atoms with Gasteiger partial charge in [-0.05, 0) is 17.5 Å². The molecular weight excluding hydrogens is 256 g/mol. The standard InChI is InChI=1S/C15H22N2O3/c1-20-9-7-17(6-8-18)15(19)14-10-12-4-2-3-5-13(12)11-16-14/h2-5,14,16,18H,6-11H2,1H3/t14-/m1/s1. The molecule has 1 aliphatic heterocycles. The van der Waals surface area contributed by atoms with Crippen molar-refractivity contribution in [3.8, 4) is 0 Å². The molecule has 1 aromatic rings. The fraction of sp³-hybridized carbons (Fsp3) is 0.533. The first-order valence-corrected chi connectivity index (χ1v) is 6.95.